The van der Waals surface area contributed by atoms with Crippen molar-refractivity contribution in [2.75, 3.05) is 18.1 Å². The number of nitrogens with zero attached hydrogens (tertiary/aromatic N) is 1. The minimum Gasteiger partial charge on any atom is -0.383 e. The number of hydrogen-bond acceptors (Lipinski definition) is 4. The molecule has 0 radical (unpaired) electrons. The number of nitrogens with one attached hydrogen (secondary N) is 1. The molecule has 0 unspecified atom stereocenters. The fourth-order valence-electron chi connectivity index (χ4n) is 1.14. The maximum absolute atomic E-state index is 10.6. The van der Waals surface area contributed by atoms with Crippen LogP contribution in [0.2, 0.25) is 0 Å². The Bertz CT molecular complexity index is 424. The standard InChI is InChI=1S/C11H15IN2O2S/c1-11(2,17-3)7-13-10-5-4-8(14(15)16)6-9(10)12/h4-6,13H,7H2,1-3H3. The van der Waals surface area contributed by atoms with Gasteiger partial charge in [-0.2, -0.15) is 11.8 Å². The maximum Gasteiger partial charge on any atom is 0.270 e. The number of hydrogen-bond donors (Lipinski definition) is 1. The van der Waals surface area contributed by atoms with Gasteiger partial charge in [0.25, 0.3) is 5.69 Å². The molecule has 0 heterocycles. The van der Waals surface area contributed by atoms with E-state index in [1.165, 1.54) is 6.07 Å². The molecule has 0 bridgehead atoms. The van der Waals surface area contributed by atoms with E-state index in [9.17, 15) is 10.1 Å². The summed E-state index contributed by atoms with van der Waals surface area (Å²) >= 11 is 3.90. The van der Waals surface area contributed by atoms with Gasteiger partial charge in [0.15, 0.2) is 0 Å². The van der Waals surface area contributed by atoms with Crippen molar-refractivity contribution >= 4 is 45.7 Å². The van der Waals surface area contributed by atoms with E-state index in [0.29, 0.717) is 0 Å². The van der Waals surface area contributed by atoms with Crippen LogP contribution >= 0.6 is 34.4 Å². The Kier molecular flexibility index (Phi) is 5.05. The number of halogens is 1. The highest BCUT2D eigenvalue weighted by molar-refractivity contribution is 14.1. The zero-order valence-corrected chi connectivity index (χ0v) is 13.0. The van der Waals surface area contributed by atoms with Gasteiger partial charge in [0.05, 0.1) is 4.92 Å². The second kappa shape index (κ2) is 5.90. The number of non-ortho nitro benzene ring substituents is 1. The Morgan fingerprint density at radius 1 is 1.53 bits per heavy atom. The molecule has 0 aliphatic carbocycles. The van der Waals surface area contributed by atoms with Gasteiger partial charge in [-0.25, -0.2) is 0 Å². The number of thioether (sulfide) groups is 1. The molecule has 94 valence electrons. The first-order valence-electron chi connectivity index (χ1n) is 5.09. The van der Waals surface area contributed by atoms with Crippen LogP contribution in [0, 0.1) is 13.7 Å². The van der Waals surface area contributed by atoms with E-state index < -0.39 is 0 Å². The molecule has 0 saturated carbocycles. The average Bonchev–Trinajstić information content (AvgIpc) is 2.27. The minimum absolute atomic E-state index is 0.129. The molecule has 0 amide bonds. The Balaban J connectivity index is 2.77. The molecule has 17 heavy (non-hydrogen) atoms. The summed E-state index contributed by atoms with van der Waals surface area (Å²) in [5, 5.41) is 13.9. The average molecular weight is 366 g/mol. The molecule has 1 N–H and O–H groups in total. The quantitative estimate of drug-likeness (QED) is 0.490. The van der Waals surface area contributed by atoms with Gasteiger partial charge in [0.1, 0.15) is 0 Å². The van der Waals surface area contributed by atoms with Crippen molar-refractivity contribution in [1.29, 1.82) is 0 Å². The molecule has 1 rings (SSSR count). The van der Waals surface area contributed by atoms with Crippen molar-refractivity contribution in [2.45, 2.75) is 18.6 Å². The van der Waals surface area contributed by atoms with Gasteiger partial charge < -0.3 is 5.32 Å². The van der Waals surface area contributed by atoms with Crippen LogP contribution in [0.1, 0.15) is 13.8 Å². The van der Waals surface area contributed by atoms with Crippen LogP contribution in [0.4, 0.5) is 11.4 Å². The van der Waals surface area contributed by atoms with Crippen LogP contribution in [0.25, 0.3) is 0 Å². The van der Waals surface area contributed by atoms with Crippen LogP contribution in [-0.2, 0) is 0 Å². The lowest BCUT2D eigenvalue weighted by Gasteiger charge is -2.23. The van der Waals surface area contributed by atoms with Gasteiger partial charge in [-0.05, 0) is 48.8 Å². The summed E-state index contributed by atoms with van der Waals surface area (Å²) in [6.07, 6.45) is 2.07. The summed E-state index contributed by atoms with van der Waals surface area (Å²) < 4.78 is 1.01. The predicted molar refractivity (Wildman–Crippen MR) is 81.9 cm³/mol. The number of rotatable bonds is 5. The van der Waals surface area contributed by atoms with E-state index >= 15 is 0 Å². The summed E-state index contributed by atoms with van der Waals surface area (Å²) in [7, 11) is 0. The monoisotopic (exact) mass is 366 g/mol. The van der Waals surface area contributed by atoms with E-state index in [1.807, 2.05) is 0 Å². The number of anilines is 1. The summed E-state index contributed by atoms with van der Waals surface area (Å²) in [6.45, 7) is 5.13. The number of nitro groups is 1. The molecule has 6 heteroatoms. The van der Waals surface area contributed by atoms with Gasteiger partial charge in [-0.1, -0.05) is 0 Å². The van der Waals surface area contributed by atoms with Gasteiger partial charge in [0, 0.05) is 32.7 Å². The zero-order chi connectivity index (χ0) is 13.1. The molecule has 0 spiro atoms. The van der Waals surface area contributed by atoms with Crippen LogP contribution < -0.4 is 5.32 Å². The molecule has 1 aromatic rings. The fraction of sp³-hybridized carbons (Fsp3) is 0.455. The Hall–Kier alpha value is -0.500. The van der Waals surface area contributed by atoms with Gasteiger partial charge >= 0.3 is 0 Å². The van der Waals surface area contributed by atoms with Crippen molar-refractivity contribution in [3.05, 3.63) is 31.9 Å². The largest absolute Gasteiger partial charge is 0.383 e. The maximum atomic E-state index is 10.6. The van der Waals surface area contributed by atoms with Crippen LogP contribution in [0.15, 0.2) is 18.2 Å². The summed E-state index contributed by atoms with van der Waals surface area (Å²) in [4.78, 5) is 10.2. The van der Waals surface area contributed by atoms with E-state index in [2.05, 4.69) is 48.0 Å². The van der Waals surface area contributed by atoms with Crippen molar-refractivity contribution in [3.8, 4) is 0 Å². The number of nitro benzene ring substituents is 1. The molecular weight excluding hydrogens is 351 g/mol. The minimum atomic E-state index is -0.377. The molecule has 0 aliphatic heterocycles. The first-order chi connectivity index (χ1) is 7.85. The molecular formula is C11H15IN2O2S. The first kappa shape index (κ1) is 14.6. The third-order valence-corrected chi connectivity index (χ3v) is 4.56. The highest BCUT2D eigenvalue weighted by Gasteiger charge is 2.16. The highest BCUT2D eigenvalue weighted by Crippen LogP contribution is 2.26. The SMILES string of the molecule is CSC(C)(C)CNc1ccc([N+](=O)[O-])cc1I. The Labute approximate surface area is 119 Å². The van der Waals surface area contributed by atoms with Crippen molar-refractivity contribution in [3.63, 3.8) is 0 Å². The van der Waals surface area contributed by atoms with Gasteiger partial charge in [-0.3, -0.25) is 10.1 Å². The lowest BCUT2D eigenvalue weighted by molar-refractivity contribution is -0.384. The second-order valence-corrected chi connectivity index (χ2v) is 6.91. The normalized spacial score (nSPS) is 11.3. The fourth-order valence-corrected chi connectivity index (χ4v) is 2.05. The van der Waals surface area contributed by atoms with Crippen molar-refractivity contribution in [1.82, 2.24) is 0 Å². The summed E-state index contributed by atoms with van der Waals surface area (Å²) in [5.41, 5.74) is 1.07. The molecule has 0 fully saturated rings. The third kappa shape index (κ3) is 4.34. The highest BCUT2D eigenvalue weighted by atomic mass is 127. The Morgan fingerprint density at radius 3 is 2.65 bits per heavy atom. The van der Waals surface area contributed by atoms with Crippen LogP contribution in [0.5, 0.6) is 0 Å². The molecule has 0 aliphatic rings. The van der Waals surface area contributed by atoms with E-state index in [0.717, 1.165) is 15.8 Å². The lowest BCUT2D eigenvalue weighted by atomic mass is 10.2. The van der Waals surface area contributed by atoms with Gasteiger partial charge in [0.2, 0.25) is 0 Å². The smallest absolute Gasteiger partial charge is 0.270 e. The third-order valence-electron chi connectivity index (χ3n) is 2.42. The van der Waals surface area contributed by atoms with E-state index in [-0.39, 0.29) is 15.4 Å². The predicted octanol–water partition coefficient (Wildman–Crippen LogP) is 3.75. The van der Waals surface area contributed by atoms with E-state index in [1.54, 1.807) is 23.9 Å². The lowest BCUT2D eigenvalue weighted by Crippen LogP contribution is -2.26. The van der Waals surface area contributed by atoms with Crippen molar-refractivity contribution < 1.29 is 4.92 Å². The topological polar surface area (TPSA) is 55.2 Å². The van der Waals surface area contributed by atoms with E-state index in [4.69, 9.17) is 0 Å². The second-order valence-electron chi connectivity index (χ2n) is 4.24. The Morgan fingerprint density at radius 2 is 2.18 bits per heavy atom. The van der Waals surface area contributed by atoms with Crippen molar-refractivity contribution in [2.24, 2.45) is 0 Å². The van der Waals surface area contributed by atoms with Crippen LogP contribution in [-0.4, -0.2) is 22.5 Å². The summed E-state index contributed by atoms with van der Waals surface area (Å²) in [5.74, 6) is 0. The van der Waals surface area contributed by atoms with Gasteiger partial charge in [-0.15, -0.1) is 0 Å². The first-order valence-corrected chi connectivity index (χ1v) is 7.39. The molecule has 1 aromatic carbocycles. The van der Waals surface area contributed by atoms with Crippen LogP contribution in [0.3, 0.4) is 0 Å². The molecule has 0 saturated heterocycles. The molecule has 0 aromatic heterocycles. The molecule has 0 atom stereocenters. The molecule has 4 nitrogen and oxygen atoms in total. The zero-order valence-electron chi connectivity index (χ0n) is 9.99. The summed E-state index contributed by atoms with van der Waals surface area (Å²) in [6, 6.07) is 4.86. The number of benzene rings is 1.